The highest BCUT2D eigenvalue weighted by Gasteiger charge is 2.56. The molecule has 0 spiro atoms. The number of rotatable bonds is 0. The van der Waals surface area contributed by atoms with Gasteiger partial charge in [-0.15, -0.1) is 0 Å². The van der Waals surface area contributed by atoms with Gasteiger partial charge in [-0.3, -0.25) is 0 Å². The topological polar surface area (TPSA) is 20.2 Å². The van der Waals surface area contributed by atoms with E-state index in [2.05, 4.69) is 20.8 Å². The van der Waals surface area contributed by atoms with Crippen LogP contribution in [0, 0.1) is 16.7 Å². The first-order valence-electron chi connectivity index (χ1n) is 5.15. The third-order valence-electron chi connectivity index (χ3n) is 4.54. The van der Waals surface area contributed by atoms with Crippen LogP contribution < -0.4 is 0 Å². The van der Waals surface area contributed by atoms with Crippen LogP contribution in [0.4, 0.5) is 0 Å². The Balaban J connectivity index is 2.29. The van der Waals surface area contributed by atoms with Crippen molar-refractivity contribution in [3.8, 4) is 0 Å². The summed E-state index contributed by atoms with van der Waals surface area (Å²) in [6, 6.07) is 0. The molecule has 3 atom stereocenters. The highest BCUT2D eigenvalue weighted by atomic mass is 16.3. The molecule has 2 aliphatic carbocycles. The van der Waals surface area contributed by atoms with Gasteiger partial charge in [-0.1, -0.05) is 20.8 Å². The summed E-state index contributed by atoms with van der Waals surface area (Å²) in [5.74, 6) is 0.764. The summed E-state index contributed by atoms with van der Waals surface area (Å²) in [4.78, 5) is 0. The predicted molar refractivity (Wildman–Crippen MR) is 49.9 cm³/mol. The van der Waals surface area contributed by atoms with E-state index in [1.54, 1.807) is 0 Å². The fraction of sp³-hybridized carbons (Fsp3) is 1.00. The third kappa shape index (κ3) is 0.891. The first-order valence-corrected chi connectivity index (χ1v) is 5.15. The highest BCUT2D eigenvalue weighted by Crippen LogP contribution is 2.61. The summed E-state index contributed by atoms with van der Waals surface area (Å²) in [6.45, 7) is 7.01. The van der Waals surface area contributed by atoms with Gasteiger partial charge in [0.25, 0.3) is 0 Å². The Morgan fingerprint density at radius 1 is 1.08 bits per heavy atom. The smallest absolute Gasteiger partial charge is 0.0596 e. The summed E-state index contributed by atoms with van der Waals surface area (Å²) in [7, 11) is 0. The van der Waals surface area contributed by atoms with Crippen molar-refractivity contribution in [3.63, 3.8) is 0 Å². The van der Waals surface area contributed by atoms with Crippen LogP contribution >= 0.6 is 0 Å². The zero-order valence-corrected chi connectivity index (χ0v) is 8.43. The average molecular weight is 168 g/mol. The van der Waals surface area contributed by atoms with E-state index in [9.17, 15) is 5.11 Å². The number of hydrogen-bond donors (Lipinski definition) is 1. The van der Waals surface area contributed by atoms with Gasteiger partial charge in [-0.25, -0.2) is 0 Å². The second kappa shape index (κ2) is 2.25. The minimum atomic E-state index is -0.0238. The van der Waals surface area contributed by atoms with Crippen LogP contribution in [0.25, 0.3) is 0 Å². The van der Waals surface area contributed by atoms with Gasteiger partial charge in [0, 0.05) is 0 Å². The molecule has 0 saturated heterocycles. The van der Waals surface area contributed by atoms with Crippen LogP contribution in [0.15, 0.2) is 0 Å². The monoisotopic (exact) mass is 168 g/mol. The van der Waals surface area contributed by atoms with Gasteiger partial charge < -0.3 is 5.11 Å². The van der Waals surface area contributed by atoms with E-state index in [1.165, 1.54) is 19.3 Å². The fourth-order valence-electron chi connectivity index (χ4n) is 3.61. The molecule has 0 aliphatic heterocycles. The number of hydrogen-bond acceptors (Lipinski definition) is 1. The minimum absolute atomic E-state index is 0.0238. The standard InChI is InChI=1S/C11H20O/c1-10(2)6-7-11(3)8(10)4-5-9(11)12/h8-9,12H,4-7H2,1-3H3/t8-,9?,11+/m1/s1. The summed E-state index contributed by atoms with van der Waals surface area (Å²) >= 11 is 0. The van der Waals surface area contributed by atoms with Crippen molar-refractivity contribution in [2.75, 3.05) is 0 Å². The molecule has 1 nitrogen and oxygen atoms in total. The van der Waals surface area contributed by atoms with E-state index < -0.39 is 0 Å². The Hall–Kier alpha value is -0.0400. The van der Waals surface area contributed by atoms with Crippen LogP contribution in [0.5, 0.6) is 0 Å². The second-order valence-electron chi connectivity index (χ2n) is 5.64. The van der Waals surface area contributed by atoms with Crippen molar-refractivity contribution >= 4 is 0 Å². The lowest BCUT2D eigenvalue weighted by atomic mass is 9.73. The number of aliphatic hydroxyl groups excluding tert-OH is 1. The molecular weight excluding hydrogens is 148 g/mol. The van der Waals surface area contributed by atoms with E-state index in [0.29, 0.717) is 5.41 Å². The molecule has 12 heavy (non-hydrogen) atoms. The second-order valence-corrected chi connectivity index (χ2v) is 5.64. The summed E-state index contributed by atoms with van der Waals surface area (Å²) in [6.07, 6.45) is 4.77. The largest absolute Gasteiger partial charge is 0.393 e. The van der Waals surface area contributed by atoms with Gasteiger partial charge in [0.05, 0.1) is 6.10 Å². The zero-order chi connectivity index (χ0) is 8.98. The molecule has 1 heteroatoms. The molecule has 2 aliphatic rings. The Morgan fingerprint density at radius 3 is 2.33 bits per heavy atom. The molecule has 1 unspecified atom stereocenters. The molecule has 0 aromatic heterocycles. The lowest BCUT2D eigenvalue weighted by molar-refractivity contribution is 0.0413. The molecule has 0 aromatic carbocycles. The van der Waals surface area contributed by atoms with E-state index in [4.69, 9.17) is 0 Å². The van der Waals surface area contributed by atoms with Crippen LogP contribution in [0.3, 0.4) is 0 Å². The van der Waals surface area contributed by atoms with Crippen LogP contribution in [0.2, 0.25) is 0 Å². The summed E-state index contributed by atoms with van der Waals surface area (Å²) < 4.78 is 0. The van der Waals surface area contributed by atoms with Crippen molar-refractivity contribution in [2.45, 2.75) is 52.6 Å². The SMILES string of the molecule is CC1(C)CC[C@]2(C)C(O)CC[C@H]12. The molecule has 0 amide bonds. The molecule has 2 saturated carbocycles. The van der Waals surface area contributed by atoms with Crippen LogP contribution in [-0.4, -0.2) is 11.2 Å². The zero-order valence-electron chi connectivity index (χ0n) is 8.43. The van der Waals surface area contributed by atoms with E-state index in [-0.39, 0.29) is 11.5 Å². The van der Waals surface area contributed by atoms with Gasteiger partial charge in [-0.2, -0.15) is 0 Å². The Kier molecular flexibility index (Phi) is 1.61. The minimum Gasteiger partial charge on any atom is -0.393 e. The van der Waals surface area contributed by atoms with Crippen molar-refractivity contribution in [3.05, 3.63) is 0 Å². The normalized spacial score (nSPS) is 51.0. The van der Waals surface area contributed by atoms with Gasteiger partial charge in [0.1, 0.15) is 0 Å². The number of fused-ring (bicyclic) bond motifs is 1. The van der Waals surface area contributed by atoms with E-state index >= 15 is 0 Å². The highest BCUT2D eigenvalue weighted by molar-refractivity contribution is 5.05. The van der Waals surface area contributed by atoms with Crippen molar-refractivity contribution in [1.29, 1.82) is 0 Å². The molecule has 2 rings (SSSR count). The van der Waals surface area contributed by atoms with E-state index in [1.807, 2.05) is 0 Å². The van der Waals surface area contributed by atoms with Gasteiger partial charge in [0.15, 0.2) is 0 Å². The predicted octanol–water partition coefficient (Wildman–Crippen LogP) is 2.58. The lowest BCUT2D eigenvalue weighted by Crippen LogP contribution is -2.31. The summed E-state index contributed by atoms with van der Waals surface area (Å²) in [5, 5.41) is 9.89. The molecule has 2 fully saturated rings. The van der Waals surface area contributed by atoms with Gasteiger partial charge in [-0.05, 0) is 42.4 Å². The molecule has 0 aromatic rings. The molecule has 0 heterocycles. The van der Waals surface area contributed by atoms with Gasteiger partial charge in [0.2, 0.25) is 0 Å². The maximum absolute atomic E-state index is 9.89. The van der Waals surface area contributed by atoms with Crippen molar-refractivity contribution < 1.29 is 5.11 Å². The first kappa shape index (κ1) is 8.55. The Labute approximate surface area is 75.2 Å². The number of aliphatic hydroxyl groups is 1. The lowest BCUT2D eigenvalue weighted by Gasteiger charge is -2.33. The van der Waals surface area contributed by atoms with Gasteiger partial charge >= 0.3 is 0 Å². The van der Waals surface area contributed by atoms with Crippen LogP contribution in [-0.2, 0) is 0 Å². The van der Waals surface area contributed by atoms with Crippen molar-refractivity contribution in [1.82, 2.24) is 0 Å². The van der Waals surface area contributed by atoms with Crippen LogP contribution in [0.1, 0.15) is 46.5 Å². The molecule has 0 bridgehead atoms. The quantitative estimate of drug-likeness (QED) is 0.589. The van der Waals surface area contributed by atoms with E-state index in [0.717, 1.165) is 12.3 Å². The Bertz CT molecular complexity index is 197. The molecule has 1 N–H and O–H groups in total. The maximum Gasteiger partial charge on any atom is 0.0596 e. The maximum atomic E-state index is 9.89. The Morgan fingerprint density at radius 2 is 1.75 bits per heavy atom. The first-order chi connectivity index (χ1) is 5.47. The summed E-state index contributed by atoms with van der Waals surface area (Å²) in [5.41, 5.74) is 0.732. The molecular formula is C11H20O. The third-order valence-corrected chi connectivity index (χ3v) is 4.54. The fourth-order valence-corrected chi connectivity index (χ4v) is 3.61. The van der Waals surface area contributed by atoms with Crippen molar-refractivity contribution in [2.24, 2.45) is 16.7 Å². The average Bonchev–Trinajstić information content (AvgIpc) is 2.37. The molecule has 70 valence electrons. The molecule has 0 radical (unpaired) electrons.